The quantitative estimate of drug-likeness (QED) is 0.179. The zero-order chi connectivity index (χ0) is 36.7. The van der Waals surface area contributed by atoms with Crippen LogP contribution < -0.4 is 0 Å². The first kappa shape index (κ1) is 31.0. The number of hydrogen-bond donors (Lipinski definition) is 0. The molecular weight excluding hydrogens is 677 g/mol. The summed E-state index contributed by atoms with van der Waals surface area (Å²) in [5.74, 6) is 0. The summed E-state index contributed by atoms with van der Waals surface area (Å²) in [4.78, 5) is 2.72. The van der Waals surface area contributed by atoms with E-state index in [1.165, 1.54) is 43.2 Å². The molecule has 0 spiro atoms. The largest absolute Gasteiger partial charge is 0.307 e. The average Bonchev–Trinajstić information content (AvgIpc) is 3.86. The van der Waals surface area contributed by atoms with Crippen LogP contribution in [0.15, 0.2) is 143 Å². The summed E-state index contributed by atoms with van der Waals surface area (Å²) < 4.78 is 4.55. The molecule has 11 rings (SSSR count). The maximum Gasteiger partial charge on any atom is 0.104 e. The second-order valence-corrected chi connectivity index (χ2v) is 19.1. The molecule has 0 saturated carbocycles. The number of rotatable bonds is 2. The highest BCUT2D eigenvalue weighted by molar-refractivity contribution is 8.33. The maximum atomic E-state index is 11.5. The first-order valence-corrected chi connectivity index (χ1v) is 20.7. The Morgan fingerprint density at radius 2 is 1.07 bits per heavy atom. The zero-order valence-electron chi connectivity index (χ0n) is 30.4. The number of nitriles is 2. The lowest BCUT2D eigenvalue weighted by atomic mass is 9.82. The lowest BCUT2D eigenvalue weighted by Gasteiger charge is -2.28. The first-order chi connectivity index (χ1) is 26.3. The zero-order valence-corrected chi connectivity index (χ0v) is 31.2. The summed E-state index contributed by atoms with van der Waals surface area (Å²) in [5, 5.41) is 26.7. The number of fused-ring (bicyclic) bond motifs is 14. The summed E-state index contributed by atoms with van der Waals surface area (Å²) in [6, 6.07) is 52.6. The van der Waals surface area contributed by atoms with E-state index in [2.05, 4.69) is 169 Å². The monoisotopic (exact) mass is 710 g/mol. The van der Waals surface area contributed by atoms with Crippen LogP contribution in [0.3, 0.4) is 0 Å². The SMILES string of the molecule is CC1(C)c2ccccc2-c2c1ccc1c3ccccc3n(-c3cc(C#N)cc(-n4c5ccccc5c5ccc6c(c54)-c4ccccc4S6(C)C)c3C#N)c21. The van der Waals surface area contributed by atoms with Crippen molar-refractivity contribution in [3.8, 4) is 45.8 Å². The standard InChI is InChI=1S/C49H34N4S/c1-49(2)37-17-9-5-15-34(37)45-38(49)23-21-32-30-13-6-10-18-39(30)52(47(32)45)41-25-29(27-50)26-42(36(41)28-51)53-40-19-11-7-14-31(40)33-22-24-44-46(48(33)53)35-16-8-12-20-43(35)54(44,3)4/h5-26H,1-4H3. The molecule has 3 heterocycles. The van der Waals surface area contributed by atoms with Gasteiger partial charge < -0.3 is 9.13 Å². The van der Waals surface area contributed by atoms with E-state index in [4.69, 9.17) is 0 Å². The fourth-order valence-electron chi connectivity index (χ4n) is 9.85. The van der Waals surface area contributed by atoms with E-state index in [-0.39, 0.29) is 5.41 Å². The van der Waals surface area contributed by atoms with Crippen LogP contribution in [0.5, 0.6) is 0 Å². The molecule has 0 bridgehead atoms. The Morgan fingerprint density at radius 1 is 0.519 bits per heavy atom. The molecule has 1 aliphatic carbocycles. The molecule has 0 fully saturated rings. The third-order valence-corrected chi connectivity index (χ3v) is 15.1. The predicted octanol–water partition coefficient (Wildman–Crippen LogP) is 12.4. The minimum atomic E-state index is -1.29. The summed E-state index contributed by atoms with van der Waals surface area (Å²) >= 11 is 0. The third kappa shape index (κ3) is 3.72. The summed E-state index contributed by atoms with van der Waals surface area (Å²) in [6.45, 7) is 4.60. The molecule has 2 aliphatic rings. The van der Waals surface area contributed by atoms with Crippen molar-refractivity contribution in [1.29, 1.82) is 10.5 Å². The van der Waals surface area contributed by atoms with Gasteiger partial charge in [0.05, 0.1) is 45.1 Å². The lowest BCUT2D eigenvalue weighted by Crippen LogP contribution is -2.14. The summed E-state index contributed by atoms with van der Waals surface area (Å²) in [5.41, 5.74) is 13.8. The fraction of sp³-hybridized carbons (Fsp3) is 0.102. The molecule has 0 radical (unpaired) electrons. The van der Waals surface area contributed by atoms with Crippen LogP contribution in [0.4, 0.5) is 0 Å². The molecule has 0 atom stereocenters. The Labute approximate surface area is 315 Å². The Morgan fingerprint density at radius 3 is 1.72 bits per heavy atom. The van der Waals surface area contributed by atoms with Crippen molar-refractivity contribution in [3.63, 3.8) is 0 Å². The highest BCUT2D eigenvalue weighted by Gasteiger charge is 2.38. The molecule has 0 N–H and O–H groups in total. The Hall–Kier alpha value is -6.53. The smallest absolute Gasteiger partial charge is 0.104 e. The Bertz CT molecular complexity index is 3050. The van der Waals surface area contributed by atoms with Crippen LogP contribution in [0.25, 0.3) is 77.2 Å². The lowest BCUT2D eigenvalue weighted by molar-refractivity contribution is 0.661. The van der Waals surface area contributed by atoms with Crippen molar-refractivity contribution in [1.82, 2.24) is 9.13 Å². The molecular formula is C49H34N4S. The predicted molar refractivity (Wildman–Crippen MR) is 224 cm³/mol. The van der Waals surface area contributed by atoms with Gasteiger partial charge in [0.25, 0.3) is 0 Å². The minimum absolute atomic E-state index is 0.200. The van der Waals surface area contributed by atoms with Crippen molar-refractivity contribution in [2.75, 3.05) is 12.5 Å². The molecule has 1 aliphatic heterocycles. The van der Waals surface area contributed by atoms with Gasteiger partial charge in [0.2, 0.25) is 0 Å². The number of aromatic nitrogens is 2. The van der Waals surface area contributed by atoms with Gasteiger partial charge in [0, 0.05) is 47.9 Å². The van der Waals surface area contributed by atoms with Gasteiger partial charge in [-0.25, -0.2) is 0 Å². The van der Waals surface area contributed by atoms with E-state index in [0.717, 1.165) is 43.6 Å². The van der Waals surface area contributed by atoms with E-state index >= 15 is 0 Å². The third-order valence-electron chi connectivity index (χ3n) is 12.3. The Kier molecular flexibility index (Phi) is 6.06. The fourth-order valence-corrected chi connectivity index (χ4v) is 12.3. The molecule has 9 aromatic rings. The van der Waals surface area contributed by atoms with Crippen molar-refractivity contribution < 1.29 is 0 Å². The van der Waals surface area contributed by atoms with Gasteiger partial charge in [-0.3, -0.25) is 0 Å². The van der Waals surface area contributed by atoms with Gasteiger partial charge in [-0.05, 0) is 71.2 Å². The van der Waals surface area contributed by atoms with E-state index < -0.39 is 10.0 Å². The van der Waals surface area contributed by atoms with Crippen LogP contribution in [-0.2, 0) is 5.41 Å². The van der Waals surface area contributed by atoms with Crippen molar-refractivity contribution in [2.24, 2.45) is 0 Å². The molecule has 54 heavy (non-hydrogen) atoms. The van der Waals surface area contributed by atoms with Crippen LogP contribution in [0.2, 0.25) is 0 Å². The van der Waals surface area contributed by atoms with Gasteiger partial charge in [-0.15, -0.1) is 0 Å². The van der Waals surface area contributed by atoms with E-state index in [9.17, 15) is 10.5 Å². The number of para-hydroxylation sites is 2. The summed E-state index contributed by atoms with van der Waals surface area (Å²) in [7, 11) is -1.29. The molecule has 0 amide bonds. The van der Waals surface area contributed by atoms with Crippen LogP contribution in [0.1, 0.15) is 36.1 Å². The van der Waals surface area contributed by atoms with Crippen LogP contribution in [0, 0.1) is 22.7 Å². The molecule has 5 heteroatoms. The minimum Gasteiger partial charge on any atom is -0.307 e. The topological polar surface area (TPSA) is 57.4 Å². The van der Waals surface area contributed by atoms with Gasteiger partial charge in [-0.2, -0.15) is 20.6 Å². The van der Waals surface area contributed by atoms with Crippen molar-refractivity contribution in [2.45, 2.75) is 29.1 Å². The maximum absolute atomic E-state index is 11.5. The van der Waals surface area contributed by atoms with E-state index in [1.54, 1.807) is 0 Å². The normalized spacial score (nSPS) is 15.1. The van der Waals surface area contributed by atoms with Gasteiger partial charge >= 0.3 is 0 Å². The number of benzene rings is 7. The average molecular weight is 711 g/mol. The van der Waals surface area contributed by atoms with E-state index in [1.807, 2.05) is 12.1 Å². The van der Waals surface area contributed by atoms with Crippen molar-refractivity contribution >= 4 is 53.6 Å². The molecule has 4 nitrogen and oxygen atoms in total. The highest BCUT2D eigenvalue weighted by atomic mass is 32.3. The molecule has 256 valence electrons. The molecule has 2 aromatic heterocycles. The molecule has 7 aromatic carbocycles. The second kappa shape index (κ2) is 10.5. The van der Waals surface area contributed by atoms with Gasteiger partial charge in [-0.1, -0.05) is 111 Å². The van der Waals surface area contributed by atoms with Gasteiger partial charge in [0.1, 0.15) is 11.6 Å². The van der Waals surface area contributed by atoms with Crippen LogP contribution >= 0.6 is 10.0 Å². The highest BCUT2D eigenvalue weighted by Crippen LogP contribution is 2.68. The Balaban J connectivity index is 1.33. The van der Waals surface area contributed by atoms with Crippen LogP contribution in [-0.4, -0.2) is 21.6 Å². The first-order valence-electron chi connectivity index (χ1n) is 18.3. The number of nitrogens with zero attached hydrogens (tertiary/aromatic N) is 4. The van der Waals surface area contributed by atoms with Gasteiger partial charge in [0.15, 0.2) is 0 Å². The number of hydrogen-bond acceptors (Lipinski definition) is 2. The van der Waals surface area contributed by atoms with E-state index in [0.29, 0.717) is 22.5 Å². The summed E-state index contributed by atoms with van der Waals surface area (Å²) in [6.07, 6.45) is 4.76. The molecule has 0 unspecified atom stereocenters. The van der Waals surface area contributed by atoms with Crippen molar-refractivity contribution in [3.05, 3.63) is 156 Å². The second-order valence-electron chi connectivity index (χ2n) is 15.5. The molecule has 0 saturated heterocycles.